The number of rotatable bonds is 4. The minimum Gasteiger partial charge on any atom is -0.478 e. The second-order valence-corrected chi connectivity index (χ2v) is 4.71. The molecule has 2 aromatic rings. The lowest BCUT2D eigenvalue weighted by atomic mass is 9.96. The van der Waals surface area contributed by atoms with Crippen LogP contribution in [0.4, 0.5) is 0 Å². The van der Waals surface area contributed by atoms with Crippen molar-refractivity contribution in [3.63, 3.8) is 0 Å². The highest BCUT2D eigenvalue weighted by Gasteiger charge is 2.17. The Morgan fingerprint density at radius 1 is 0.682 bits per heavy atom. The number of aryl methyl sites for hydroxylation is 1. The third-order valence-electron chi connectivity index (χ3n) is 3.27. The molecule has 0 aliphatic heterocycles. The lowest BCUT2D eigenvalue weighted by Crippen LogP contribution is -2.08. The first-order valence-electron chi connectivity index (χ1n) is 6.26. The molecule has 0 amide bonds. The second kappa shape index (κ2) is 5.69. The quantitative estimate of drug-likeness (QED) is 0.800. The van der Waals surface area contributed by atoms with Crippen LogP contribution in [0.15, 0.2) is 36.4 Å². The molecule has 6 nitrogen and oxygen atoms in total. The van der Waals surface area contributed by atoms with Crippen molar-refractivity contribution in [3.8, 4) is 11.1 Å². The Hall–Kier alpha value is -3.15. The summed E-state index contributed by atoms with van der Waals surface area (Å²) in [6.45, 7) is 1.64. The maximum Gasteiger partial charge on any atom is 0.336 e. The molecular weight excluding hydrogens is 288 g/mol. The van der Waals surface area contributed by atoms with Gasteiger partial charge in [0.05, 0.1) is 16.7 Å². The molecule has 0 radical (unpaired) electrons. The van der Waals surface area contributed by atoms with Crippen LogP contribution < -0.4 is 0 Å². The van der Waals surface area contributed by atoms with Crippen molar-refractivity contribution in [2.45, 2.75) is 6.92 Å². The summed E-state index contributed by atoms with van der Waals surface area (Å²) < 4.78 is 0. The molecule has 3 N–H and O–H groups in total. The van der Waals surface area contributed by atoms with Crippen molar-refractivity contribution >= 4 is 17.9 Å². The summed E-state index contributed by atoms with van der Waals surface area (Å²) in [4.78, 5) is 33.2. The van der Waals surface area contributed by atoms with Gasteiger partial charge in [-0.15, -0.1) is 0 Å². The van der Waals surface area contributed by atoms with Crippen LogP contribution in [0.1, 0.15) is 36.6 Å². The van der Waals surface area contributed by atoms with Crippen LogP contribution in [0.25, 0.3) is 11.1 Å². The third kappa shape index (κ3) is 2.80. The van der Waals surface area contributed by atoms with Crippen molar-refractivity contribution in [3.05, 3.63) is 58.7 Å². The Morgan fingerprint density at radius 2 is 1.14 bits per heavy atom. The molecule has 2 aromatic carbocycles. The molecule has 6 heteroatoms. The minimum atomic E-state index is -1.34. The highest BCUT2D eigenvalue weighted by molar-refractivity contribution is 6.02. The first kappa shape index (κ1) is 15.2. The van der Waals surface area contributed by atoms with E-state index in [2.05, 4.69) is 0 Å². The molecule has 2 rings (SSSR count). The molecule has 0 aliphatic carbocycles. The van der Waals surface area contributed by atoms with Crippen molar-refractivity contribution in [1.29, 1.82) is 0 Å². The number of hydrogen-bond acceptors (Lipinski definition) is 3. The normalized spacial score (nSPS) is 10.2. The number of benzene rings is 2. The summed E-state index contributed by atoms with van der Waals surface area (Å²) in [6.07, 6.45) is 0. The largest absolute Gasteiger partial charge is 0.478 e. The van der Waals surface area contributed by atoms with Crippen LogP contribution in [0.2, 0.25) is 0 Å². The first-order chi connectivity index (χ1) is 10.3. The summed E-state index contributed by atoms with van der Waals surface area (Å²) in [5.41, 5.74) is 1.19. The van der Waals surface area contributed by atoms with E-state index in [1.54, 1.807) is 19.1 Å². The van der Waals surface area contributed by atoms with Gasteiger partial charge in [-0.25, -0.2) is 14.4 Å². The predicted molar refractivity (Wildman–Crippen MR) is 77.5 cm³/mol. The molecular formula is C16H12O6. The Labute approximate surface area is 125 Å². The molecule has 0 aromatic heterocycles. The summed E-state index contributed by atoms with van der Waals surface area (Å²) in [6, 6.07) is 8.58. The fraction of sp³-hybridized carbons (Fsp3) is 0.0625. The zero-order valence-electron chi connectivity index (χ0n) is 11.5. The maximum atomic E-state index is 11.2. The number of carboxylic acid groups (broad SMARTS) is 3. The van der Waals surface area contributed by atoms with Gasteiger partial charge < -0.3 is 15.3 Å². The van der Waals surface area contributed by atoms with E-state index in [0.717, 1.165) is 0 Å². The van der Waals surface area contributed by atoms with Crippen LogP contribution in [0.3, 0.4) is 0 Å². The summed E-state index contributed by atoms with van der Waals surface area (Å²) in [5, 5.41) is 27.1. The van der Waals surface area contributed by atoms with E-state index < -0.39 is 17.9 Å². The summed E-state index contributed by atoms with van der Waals surface area (Å²) >= 11 is 0. The van der Waals surface area contributed by atoms with Gasteiger partial charge in [0.2, 0.25) is 0 Å². The van der Waals surface area contributed by atoms with Crippen LogP contribution >= 0.6 is 0 Å². The van der Waals surface area contributed by atoms with Gasteiger partial charge >= 0.3 is 17.9 Å². The number of carboxylic acids is 3. The Morgan fingerprint density at radius 3 is 1.59 bits per heavy atom. The van der Waals surface area contributed by atoms with Crippen LogP contribution in [0.5, 0.6) is 0 Å². The van der Waals surface area contributed by atoms with Crippen LogP contribution in [0, 0.1) is 6.92 Å². The molecule has 0 saturated carbocycles. The molecule has 0 fully saturated rings. The van der Waals surface area contributed by atoms with Gasteiger partial charge in [-0.3, -0.25) is 0 Å². The van der Waals surface area contributed by atoms with E-state index in [0.29, 0.717) is 16.7 Å². The first-order valence-corrected chi connectivity index (χ1v) is 6.26. The van der Waals surface area contributed by atoms with E-state index in [4.69, 9.17) is 15.3 Å². The SMILES string of the molecule is Cc1cc(-c2ccc(C(=O)O)c(C(=O)O)c2)ccc1C(=O)O. The summed E-state index contributed by atoms with van der Waals surface area (Å²) in [5.74, 6) is -3.70. The number of hydrogen-bond donors (Lipinski definition) is 3. The molecule has 0 saturated heterocycles. The second-order valence-electron chi connectivity index (χ2n) is 4.71. The number of aromatic carboxylic acids is 3. The fourth-order valence-electron chi connectivity index (χ4n) is 2.17. The third-order valence-corrected chi connectivity index (χ3v) is 3.27. The van der Waals surface area contributed by atoms with Crippen molar-refractivity contribution in [2.75, 3.05) is 0 Å². The van der Waals surface area contributed by atoms with E-state index >= 15 is 0 Å². The van der Waals surface area contributed by atoms with E-state index in [9.17, 15) is 14.4 Å². The Balaban J connectivity index is 2.56. The lowest BCUT2D eigenvalue weighted by Gasteiger charge is -2.08. The minimum absolute atomic E-state index is 0.157. The fourth-order valence-corrected chi connectivity index (χ4v) is 2.17. The van der Waals surface area contributed by atoms with Gasteiger partial charge in [-0.2, -0.15) is 0 Å². The Kier molecular flexibility index (Phi) is 3.94. The van der Waals surface area contributed by atoms with Gasteiger partial charge in [0.15, 0.2) is 0 Å². The monoisotopic (exact) mass is 300 g/mol. The van der Waals surface area contributed by atoms with Crippen LogP contribution in [-0.2, 0) is 0 Å². The molecule has 0 aliphatic rings. The lowest BCUT2D eigenvalue weighted by molar-refractivity contribution is 0.0651. The zero-order valence-corrected chi connectivity index (χ0v) is 11.5. The van der Waals surface area contributed by atoms with Gasteiger partial charge in [-0.1, -0.05) is 18.2 Å². The average Bonchev–Trinajstić information content (AvgIpc) is 2.45. The highest BCUT2D eigenvalue weighted by atomic mass is 16.4. The van der Waals surface area contributed by atoms with E-state index in [1.807, 2.05) is 0 Å². The average molecular weight is 300 g/mol. The standard InChI is InChI=1S/C16H12O6/c1-8-6-9(2-4-11(8)14(17)18)10-3-5-12(15(19)20)13(7-10)16(21)22/h2-7H,1H3,(H,17,18)(H,19,20)(H,21,22). The highest BCUT2D eigenvalue weighted by Crippen LogP contribution is 2.25. The van der Waals surface area contributed by atoms with E-state index in [1.165, 1.54) is 24.3 Å². The predicted octanol–water partition coefficient (Wildman–Crippen LogP) is 2.76. The molecule has 0 spiro atoms. The van der Waals surface area contributed by atoms with E-state index in [-0.39, 0.29) is 16.7 Å². The molecule has 22 heavy (non-hydrogen) atoms. The van der Waals surface area contributed by atoms with Gasteiger partial charge in [0.1, 0.15) is 0 Å². The van der Waals surface area contributed by atoms with Gasteiger partial charge in [0, 0.05) is 0 Å². The molecule has 0 bridgehead atoms. The molecule has 0 atom stereocenters. The van der Waals surface area contributed by atoms with Crippen molar-refractivity contribution in [1.82, 2.24) is 0 Å². The molecule has 0 heterocycles. The summed E-state index contributed by atoms with van der Waals surface area (Å²) in [7, 11) is 0. The molecule has 0 unspecified atom stereocenters. The topological polar surface area (TPSA) is 112 Å². The Bertz CT molecular complexity index is 791. The number of carbonyl (C=O) groups is 3. The zero-order chi connectivity index (χ0) is 16.4. The van der Waals surface area contributed by atoms with Crippen molar-refractivity contribution < 1.29 is 29.7 Å². The molecule has 112 valence electrons. The maximum absolute atomic E-state index is 11.2. The van der Waals surface area contributed by atoms with Gasteiger partial charge in [-0.05, 0) is 41.8 Å². The van der Waals surface area contributed by atoms with Crippen LogP contribution in [-0.4, -0.2) is 33.2 Å². The van der Waals surface area contributed by atoms with Crippen molar-refractivity contribution in [2.24, 2.45) is 0 Å². The van der Waals surface area contributed by atoms with Gasteiger partial charge in [0.25, 0.3) is 0 Å². The smallest absolute Gasteiger partial charge is 0.336 e.